The third-order valence-corrected chi connectivity index (χ3v) is 4.28. The second-order valence-corrected chi connectivity index (χ2v) is 4.88. The van der Waals surface area contributed by atoms with Crippen LogP contribution in [0.25, 0.3) is 0 Å². The third-order valence-electron chi connectivity index (χ3n) is 4.28. The largest absolute Gasteiger partial charge is 0.0810 e. The summed E-state index contributed by atoms with van der Waals surface area (Å²) in [6, 6.07) is 0. The SMILES string of the molecule is CCC1CC1C1=CC2CCCC12. The second kappa shape index (κ2) is 2.37. The molecule has 3 rings (SSSR count). The Morgan fingerprint density at radius 1 is 1.33 bits per heavy atom. The molecule has 0 saturated heterocycles. The van der Waals surface area contributed by atoms with E-state index < -0.39 is 0 Å². The van der Waals surface area contributed by atoms with Crippen molar-refractivity contribution in [2.24, 2.45) is 23.7 Å². The number of hydrogen-bond acceptors (Lipinski definition) is 0. The molecule has 66 valence electrons. The average Bonchev–Trinajstić information content (AvgIpc) is 2.72. The fourth-order valence-corrected chi connectivity index (χ4v) is 3.36. The molecule has 0 bridgehead atoms. The van der Waals surface area contributed by atoms with Crippen molar-refractivity contribution in [3.05, 3.63) is 11.6 Å². The molecule has 0 nitrogen and oxygen atoms in total. The van der Waals surface area contributed by atoms with Crippen LogP contribution < -0.4 is 0 Å². The van der Waals surface area contributed by atoms with Crippen LogP contribution in [0.15, 0.2) is 11.6 Å². The fraction of sp³-hybridized carbons (Fsp3) is 0.833. The maximum atomic E-state index is 2.61. The first kappa shape index (κ1) is 7.17. The fourth-order valence-electron chi connectivity index (χ4n) is 3.36. The molecule has 0 spiro atoms. The normalized spacial score (nSPS) is 49.6. The van der Waals surface area contributed by atoms with Gasteiger partial charge in [-0.2, -0.15) is 0 Å². The predicted molar refractivity (Wildman–Crippen MR) is 50.8 cm³/mol. The summed E-state index contributed by atoms with van der Waals surface area (Å²) in [4.78, 5) is 0. The zero-order chi connectivity index (χ0) is 8.13. The first-order valence-corrected chi connectivity index (χ1v) is 5.61. The Labute approximate surface area is 75.0 Å². The van der Waals surface area contributed by atoms with Crippen molar-refractivity contribution < 1.29 is 0 Å². The number of rotatable bonds is 2. The Bertz CT molecular complexity index is 226. The Morgan fingerprint density at radius 2 is 2.25 bits per heavy atom. The van der Waals surface area contributed by atoms with Gasteiger partial charge in [-0.1, -0.05) is 31.4 Å². The summed E-state index contributed by atoms with van der Waals surface area (Å²) in [5, 5.41) is 0. The van der Waals surface area contributed by atoms with E-state index >= 15 is 0 Å². The van der Waals surface area contributed by atoms with Crippen LogP contribution in [0.1, 0.15) is 39.0 Å². The monoisotopic (exact) mass is 162 g/mol. The van der Waals surface area contributed by atoms with E-state index in [1.165, 1.54) is 32.1 Å². The lowest BCUT2D eigenvalue weighted by molar-refractivity contribution is 0.429. The molecule has 2 fully saturated rings. The zero-order valence-electron chi connectivity index (χ0n) is 7.92. The highest BCUT2D eigenvalue weighted by Crippen LogP contribution is 2.58. The lowest BCUT2D eigenvalue weighted by Gasteiger charge is -2.31. The van der Waals surface area contributed by atoms with Crippen LogP contribution in [0.5, 0.6) is 0 Å². The number of allylic oxidation sites excluding steroid dienone is 2. The summed E-state index contributed by atoms with van der Waals surface area (Å²) < 4.78 is 0. The predicted octanol–water partition coefficient (Wildman–Crippen LogP) is 3.39. The Morgan fingerprint density at radius 3 is 2.92 bits per heavy atom. The van der Waals surface area contributed by atoms with E-state index in [1.54, 1.807) is 0 Å². The molecule has 0 heterocycles. The van der Waals surface area contributed by atoms with E-state index in [-0.39, 0.29) is 0 Å². The van der Waals surface area contributed by atoms with Crippen molar-refractivity contribution in [1.82, 2.24) is 0 Å². The Hall–Kier alpha value is -0.260. The van der Waals surface area contributed by atoms with Crippen molar-refractivity contribution in [2.45, 2.75) is 39.0 Å². The van der Waals surface area contributed by atoms with Gasteiger partial charge in [0.2, 0.25) is 0 Å². The molecule has 0 aromatic carbocycles. The van der Waals surface area contributed by atoms with Crippen LogP contribution in [0.3, 0.4) is 0 Å². The van der Waals surface area contributed by atoms with Gasteiger partial charge in [-0.05, 0) is 42.9 Å². The lowest BCUT2D eigenvalue weighted by Crippen LogP contribution is -2.21. The zero-order valence-corrected chi connectivity index (χ0v) is 7.92. The summed E-state index contributed by atoms with van der Waals surface area (Å²) >= 11 is 0. The minimum absolute atomic E-state index is 1.03. The molecule has 12 heavy (non-hydrogen) atoms. The Balaban J connectivity index is 1.69. The average molecular weight is 162 g/mol. The van der Waals surface area contributed by atoms with Crippen LogP contribution in [0.4, 0.5) is 0 Å². The first-order valence-electron chi connectivity index (χ1n) is 5.61. The topological polar surface area (TPSA) is 0 Å². The summed E-state index contributed by atoms with van der Waals surface area (Å²) in [6.07, 6.45) is 10.1. The first-order chi connectivity index (χ1) is 5.90. The molecule has 0 aliphatic heterocycles. The maximum absolute atomic E-state index is 2.61. The molecule has 0 heteroatoms. The van der Waals surface area contributed by atoms with E-state index in [0.29, 0.717) is 0 Å². The van der Waals surface area contributed by atoms with Gasteiger partial charge in [-0.25, -0.2) is 0 Å². The molecule has 3 aliphatic rings. The molecular weight excluding hydrogens is 144 g/mol. The molecule has 0 aromatic heterocycles. The van der Waals surface area contributed by atoms with E-state index in [2.05, 4.69) is 13.0 Å². The summed E-state index contributed by atoms with van der Waals surface area (Å²) in [7, 11) is 0. The highest BCUT2D eigenvalue weighted by molar-refractivity contribution is 5.30. The molecule has 3 aliphatic carbocycles. The van der Waals surface area contributed by atoms with Gasteiger partial charge in [0.15, 0.2) is 0 Å². The van der Waals surface area contributed by atoms with Crippen LogP contribution >= 0.6 is 0 Å². The van der Waals surface area contributed by atoms with E-state index in [4.69, 9.17) is 0 Å². The molecule has 4 atom stereocenters. The van der Waals surface area contributed by atoms with Crippen molar-refractivity contribution in [1.29, 1.82) is 0 Å². The molecule has 0 N–H and O–H groups in total. The van der Waals surface area contributed by atoms with E-state index in [0.717, 1.165) is 23.7 Å². The van der Waals surface area contributed by atoms with Crippen molar-refractivity contribution >= 4 is 0 Å². The minimum atomic E-state index is 1.03. The molecule has 2 saturated carbocycles. The van der Waals surface area contributed by atoms with Crippen molar-refractivity contribution in [3.63, 3.8) is 0 Å². The van der Waals surface area contributed by atoms with Gasteiger partial charge in [0, 0.05) is 0 Å². The van der Waals surface area contributed by atoms with E-state index in [9.17, 15) is 0 Å². The smallest absolute Gasteiger partial charge is 0.0137 e. The molecule has 4 unspecified atom stereocenters. The van der Waals surface area contributed by atoms with Gasteiger partial charge in [0.1, 0.15) is 0 Å². The van der Waals surface area contributed by atoms with Gasteiger partial charge in [0.05, 0.1) is 0 Å². The lowest BCUT2D eigenvalue weighted by atomic mass is 9.74. The highest BCUT2D eigenvalue weighted by atomic mass is 14.5. The van der Waals surface area contributed by atoms with Crippen LogP contribution in [-0.2, 0) is 0 Å². The molecule has 0 radical (unpaired) electrons. The van der Waals surface area contributed by atoms with Crippen molar-refractivity contribution in [3.8, 4) is 0 Å². The maximum Gasteiger partial charge on any atom is -0.0137 e. The van der Waals surface area contributed by atoms with Crippen molar-refractivity contribution in [2.75, 3.05) is 0 Å². The Kier molecular flexibility index (Phi) is 1.42. The van der Waals surface area contributed by atoms with Gasteiger partial charge in [-0.3, -0.25) is 0 Å². The highest BCUT2D eigenvalue weighted by Gasteiger charge is 2.47. The standard InChI is InChI=1S/C12H18/c1-2-8-6-11(8)12-7-9-4-3-5-10(9)12/h7-11H,2-6H2,1H3. The molecule has 0 amide bonds. The van der Waals surface area contributed by atoms with Gasteiger partial charge >= 0.3 is 0 Å². The van der Waals surface area contributed by atoms with Gasteiger partial charge in [0.25, 0.3) is 0 Å². The summed E-state index contributed by atoms with van der Waals surface area (Å²) in [6.45, 7) is 2.34. The number of fused-ring (bicyclic) bond motifs is 1. The quantitative estimate of drug-likeness (QED) is 0.546. The van der Waals surface area contributed by atoms with Crippen LogP contribution in [-0.4, -0.2) is 0 Å². The van der Waals surface area contributed by atoms with Gasteiger partial charge in [-0.15, -0.1) is 0 Å². The molecular formula is C12H18. The third kappa shape index (κ3) is 0.841. The van der Waals surface area contributed by atoms with Crippen LogP contribution in [0, 0.1) is 23.7 Å². The minimum Gasteiger partial charge on any atom is -0.0810 e. The summed E-state index contributed by atoms with van der Waals surface area (Å²) in [5.41, 5.74) is 1.88. The van der Waals surface area contributed by atoms with Crippen LogP contribution in [0.2, 0.25) is 0 Å². The van der Waals surface area contributed by atoms with E-state index in [1.807, 2.05) is 5.57 Å². The number of hydrogen-bond donors (Lipinski definition) is 0. The molecule has 0 aromatic rings. The second-order valence-electron chi connectivity index (χ2n) is 4.88. The van der Waals surface area contributed by atoms with Gasteiger partial charge < -0.3 is 0 Å². The summed E-state index contributed by atoms with van der Waals surface area (Å²) in [5.74, 6) is 4.22.